The molecule has 1 aromatic heterocycles. The summed E-state index contributed by atoms with van der Waals surface area (Å²) in [4.78, 5) is 2.32. The molecule has 3 nitrogen and oxygen atoms in total. The summed E-state index contributed by atoms with van der Waals surface area (Å²) in [6, 6.07) is 51.3. The van der Waals surface area contributed by atoms with Crippen molar-refractivity contribution in [1.82, 2.24) is 4.57 Å². The molecule has 0 spiro atoms. The van der Waals surface area contributed by atoms with Gasteiger partial charge in [-0.2, -0.15) is 0 Å². The topological polar surface area (TPSA) is 17.4 Å². The standard InChI is InChI=1S/C36H24N2O/c1-3-10-25(11-4-1)26-18-20-28(21-19-26)37(27-12-5-2-6-13-27)29-22-23-32-31(24-29)30-14-9-17-35-36(30)38(32)33-15-7-8-16-34(33)39-35/h1-24H. The van der Waals surface area contributed by atoms with E-state index in [9.17, 15) is 0 Å². The third kappa shape index (κ3) is 3.44. The van der Waals surface area contributed by atoms with E-state index >= 15 is 0 Å². The highest BCUT2D eigenvalue weighted by atomic mass is 16.5. The van der Waals surface area contributed by atoms with Crippen LogP contribution in [0, 0.1) is 0 Å². The van der Waals surface area contributed by atoms with Gasteiger partial charge < -0.3 is 14.2 Å². The Morgan fingerprint density at radius 1 is 0.462 bits per heavy atom. The third-order valence-corrected chi connectivity index (χ3v) is 7.57. The van der Waals surface area contributed by atoms with E-state index in [4.69, 9.17) is 4.74 Å². The molecular formula is C36H24N2O. The van der Waals surface area contributed by atoms with Crippen LogP contribution in [0.15, 0.2) is 146 Å². The van der Waals surface area contributed by atoms with E-state index < -0.39 is 0 Å². The Morgan fingerprint density at radius 3 is 1.92 bits per heavy atom. The molecule has 0 aliphatic carbocycles. The number of nitrogens with zero attached hydrogens (tertiary/aromatic N) is 2. The van der Waals surface area contributed by atoms with Crippen LogP contribution in [0.25, 0.3) is 38.6 Å². The molecule has 2 heterocycles. The van der Waals surface area contributed by atoms with Crippen molar-refractivity contribution in [2.75, 3.05) is 4.90 Å². The maximum Gasteiger partial charge on any atom is 0.152 e. The fourth-order valence-corrected chi connectivity index (χ4v) is 5.80. The zero-order chi connectivity index (χ0) is 25.8. The molecule has 0 fully saturated rings. The van der Waals surface area contributed by atoms with Gasteiger partial charge in [0.05, 0.1) is 16.7 Å². The van der Waals surface area contributed by atoms with Gasteiger partial charge in [0.1, 0.15) is 0 Å². The highest BCUT2D eigenvalue weighted by Gasteiger charge is 2.24. The number of fused-ring (bicyclic) bond motifs is 5. The minimum atomic E-state index is 0.878. The summed E-state index contributed by atoms with van der Waals surface area (Å²) < 4.78 is 8.65. The number of benzene rings is 6. The van der Waals surface area contributed by atoms with Gasteiger partial charge in [-0.1, -0.05) is 84.9 Å². The van der Waals surface area contributed by atoms with Crippen molar-refractivity contribution >= 4 is 38.9 Å². The van der Waals surface area contributed by atoms with Gasteiger partial charge in [0.15, 0.2) is 11.5 Å². The Hall–Kier alpha value is -5.28. The lowest BCUT2D eigenvalue weighted by atomic mass is 10.0. The molecule has 0 radical (unpaired) electrons. The van der Waals surface area contributed by atoms with Crippen LogP contribution in [0.3, 0.4) is 0 Å². The van der Waals surface area contributed by atoms with Crippen LogP contribution in [-0.2, 0) is 0 Å². The fraction of sp³-hybridized carbons (Fsp3) is 0. The van der Waals surface area contributed by atoms with Crippen LogP contribution >= 0.6 is 0 Å². The van der Waals surface area contributed by atoms with Gasteiger partial charge in [-0.3, -0.25) is 0 Å². The first kappa shape index (κ1) is 21.8. The van der Waals surface area contributed by atoms with E-state index in [-0.39, 0.29) is 0 Å². The predicted octanol–water partition coefficient (Wildman–Crippen LogP) is 10.0. The van der Waals surface area contributed by atoms with Crippen molar-refractivity contribution in [2.24, 2.45) is 0 Å². The Bertz CT molecular complexity index is 1970. The molecule has 1 aliphatic heterocycles. The molecule has 39 heavy (non-hydrogen) atoms. The van der Waals surface area contributed by atoms with Gasteiger partial charge >= 0.3 is 0 Å². The first-order valence-corrected chi connectivity index (χ1v) is 13.2. The van der Waals surface area contributed by atoms with Gasteiger partial charge in [-0.05, 0) is 71.8 Å². The van der Waals surface area contributed by atoms with Crippen molar-refractivity contribution in [2.45, 2.75) is 0 Å². The van der Waals surface area contributed by atoms with Gasteiger partial charge in [0.25, 0.3) is 0 Å². The molecule has 184 valence electrons. The maximum atomic E-state index is 6.31. The Kier molecular flexibility index (Phi) is 4.82. The molecule has 0 bridgehead atoms. The second-order valence-corrected chi connectivity index (χ2v) is 9.84. The molecule has 0 atom stereocenters. The lowest BCUT2D eigenvalue weighted by molar-refractivity contribution is 0.476. The molecule has 0 saturated heterocycles. The van der Waals surface area contributed by atoms with Gasteiger partial charge in [-0.15, -0.1) is 0 Å². The summed E-state index contributed by atoms with van der Waals surface area (Å²) in [6.45, 7) is 0. The Morgan fingerprint density at radius 2 is 1.10 bits per heavy atom. The molecule has 7 aromatic rings. The summed E-state index contributed by atoms with van der Waals surface area (Å²) in [5.41, 5.74) is 9.11. The highest BCUT2D eigenvalue weighted by Crippen LogP contribution is 2.46. The normalized spacial score (nSPS) is 11.8. The van der Waals surface area contributed by atoms with E-state index in [1.807, 2.05) is 12.1 Å². The number of hydrogen-bond acceptors (Lipinski definition) is 2. The maximum absolute atomic E-state index is 6.31. The van der Waals surface area contributed by atoms with E-state index in [2.05, 4.69) is 143 Å². The van der Waals surface area contributed by atoms with Crippen LogP contribution in [0.4, 0.5) is 17.1 Å². The van der Waals surface area contributed by atoms with E-state index in [0.717, 1.165) is 39.8 Å². The lowest BCUT2D eigenvalue weighted by Gasteiger charge is -2.26. The number of aromatic nitrogens is 1. The summed E-state index contributed by atoms with van der Waals surface area (Å²) in [5.74, 6) is 1.77. The van der Waals surface area contributed by atoms with Crippen LogP contribution in [-0.4, -0.2) is 4.57 Å². The Balaban J connectivity index is 1.32. The highest BCUT2D eigenvalue weighted by molar-refractivity contribution is 6.13. The zero-order valence-electron chi connectivity index (χ0n) is 21.2. The van der Waals surface area contributed by atoms with Gasteiger partial charge in [-0.25, -0.2) is 0 Å². The molecular weight excluding hydrogens is 476 g/mol. The quantitative estimate of drug-likeness (QED) is 0.239. The molecule has 0 amide bonds. The van der Waals surface area contributed by atoms with Crippen LogP contribution in [0.2, 0.25) is 0 Å². The first-order chi connectivity index (χ1) is 19.3. The lowest BCUT2D eigenvalue weighted by Crippen LogP contribution is -2.09. The summed E-state index contributed by atoms with van der Waals surface area (Å²) >= 11 is 0. The smallest absolute Gasteiger partial charge is 0.152 e. The van der Waals surface area contributed by atoms with Crippen molar-refractivity contribution in [3.05, 3.63) is 146 Å². The molecule has 0 N–H and O–H groups in total. The Labute approximate surface area is 226 Å². The predicted molar refractivity (Wildman–Crippen MR) is 161 cm³/mol. The summed E-state index contributed by atoms with van der Waals surface area (Å²) in [5, 5.41) is 2.39. The van der Waals surface area contributed by atoms with Gasteiger partial charge in [0, 0.05) is 27.8 Å². The molecule has 8 rings (SSSR count). The number of para-hydroxylation sites is 4. The van der Waals surface area contributed by atoms with Crippen molar-refractivity contribution in [1.29, 1.82) is 0 Å². The molecule has 3 heteroatoms. The average Bonchev–Trinajstić information content (AvgIpc) is 3.34. The monoisotopic (exact) mass is 500 g/mol. The van der Waals surface area contributed by atoms with Crippen molar-refractivity contribution in [3.63, 3.8) is 0 Å². The number of rotatable bonds is 4. The summed E-state index contributed by atoms with van der Waals surface area (Å²) in [6.07, 6.45) is 0. The number of hydrogen-bond donors (Lipinski definition) is 0. The van der Waals surface area contributed by atoms with Crippen LogP contribution in [0.5, 0.6) is 11.5 Å². The van der Waals surface area contributed by atoms with Gasteiger partial charge in [0.2, 0.25) is 0 Å². The second-order valence-electron chi connectivity index (χ2n) is 9.84. The van der Waals surface area contributed by atoms with Crippen LogP contribution in [0.1, 0.15) is 0 Å². The summed E-state index contributed by atoms with van der Waals surface area (Å²) in [7, 11) is 0. The zero-order valence-corrected chi connectivity index (χ0v) is 21.2. The first-order valence-electron chi connectivity index (χ1n) is 13.2. The molecule has 0 saturated carbocycles. The van der Waals surface area contributed by atoms with Crippen molar-refractivity contribution in [3.8, 4) is 28.3 Å². The third-order valence-electron chi connectivity index (χ3n) is 7.57. The number of ether oxygens (including phenoxy) is 1. The van der Waals surface area contributed by atoms with E-state index in [0.29, 0.717) is 0 Å². The largest absolute Gasteiger partial charge is 0.453 e. The van der Waals surface area contributed by atoms with Crippen LogP contribution < -0.4 is 9.64 Å². The van der Waals surface area contributed by atoms with E-state index in [1.165, 1.54) is 27.4 Å². The SMILES string of the molecule is c1ccc(-c2ccc(N(c3ccccc3)c3ccc4c(c3)c3cccc5c3n4-c3ccccc3O5)cc2)cc1. The minimum Gasteiger partial charge on any atom is -0.453 e. The fourth-order valence-electron chi connectivity index (χ4n) is 5.80. The van der Waals surface area contributed by atoms with Crippen molar-refractivity contribution < 1.29 is 4.74 Å². The minimum absolute atomic E-state index is 0.878. The second kappa shape index (κ2) is 8.64. The molecule has 0 unspecified atom stereocenters. The average molecular weight is 501 g/mol. The molecule has 6 aromatic carbocycles. The number of anilines is 3. The molecule has 1 aliphatic rings. The van der Waals surface area contributed by atoms with E-state index in [1.54, 1.807) is 0 Å².